The van der Waals surface area contributed by atoms with Crippen LogP contribution in [0.3, 0.4) is 0 Å². The van der Waals surface area contributed by atoms with E-state index in [1.165, 1.54) is 7.11 Å². The minimum absolute atomic E-state index is 0.359. The molecule has 90 valence electrons. The summed E-state index contributed by atoms with van der Waals surface area (Å²) in [6.07, 6.45) is 0. The average molecular weight is 271 g/mol. The molecule has 0 spiro atoms. The molecule has 0 N–H and O–H groups in total. The van der Waals surface area contributed by atoms with Crippen molar-refractivity contribution in [2.24, 2.45) is 0 Å². The molecule has 0 aliphatic heterocycles. The summed E-state index contributed by atoms with van der Waals surface area (Å²) in [5, 5.41) is 1.16. The van der Waals surface area contributed by atoms with E-state index in [9.17, 15) is 4.79 Å². The Morgan fingerprint density at radius 1 is 1.35 bits per heavy atom. The van der Waals surface area contributed by atoms with Gasteiger partial charge < -0.3 is 9.47 Å². The zero-order valence-corrected chi connectivity index (χ0v) is 11.2. The van der Waals surface area contributed by atoms with Crippen molar-refractivity contribution in [1.82, 2.24) is 0 Å². The number of halogens is 1. The number of carbonyl (C=O) groups excluding carboxylic acids is 1. The van der Waals surface area contributed by atoms with Gasteiger partial charge in [-0.2, -0.15) is 0 Å². The van der Waals surface area contributed by atoms with E-state index >= 15 is 0 Å². The second-order valence-electron chi connectivity index (χ2n) is 3.48. The van der Waals surface area contributed by atoms with E-state index in [1.54, 1.807) is 24.5 Å². The Kier molecular flexibility index (Phi) is 3.26. The highest BCUT2D eigenvalue weighted by Crippen LogP contribution is 2.42. The van der Waals surface area contributed by atoms with Crippen LogP contribution in [0.15, 0.2) is 12.1 Å². The molecule has 0 amide bonds. The van der Waals surface area contributed by atoms with Crippen LogP contribution < -0.4 is 4.74 Å². The number of hydrogen-bond acceptors (Lipinski definition) is 4. The number of esters is 1. The topological polar surface area (TPSA) is 35.5 Å². The summed E-state index contributed by atoms with van der Waals surface area (Å²) in [6.45, 7) is 1.96. The van der Waals surface area contributed by atoms with Crippen LogP contribution in [0.1, 0.15) is 15.2 Å². The van der Waals surface area contributed by atoms with Crippen LogP contribution in [-0.4, -0.2) is 20.2 Å². The molecule has 0 saturated heterocycles. The van der Waals surface area contributed by atoms with Crippen molar-refractivity contribution < 1.29 is 14.3 Å². The minimum atomic E-state index is -0.442. The fourth-order valence-corrected chi connectivity index (χ4v) is 3.18. The maximum atomic E-state index is 11.5. The molecular formula is C12H11ClO3S. The normalized spacial score (nSPS) is 10.6. The van der Waals surface area contributed by atoms with Gasteiger partial charge in [0, 0.05) is 9.58 Å². The number of rotatable bonds is 2. The lowest BCUT2D eigenvalue weighted by Gasteiger charge is -2.05. The van der Waals surface area contributed by atoms with E-state index in [4.69, 9.17) is 16.3 Å². The first-order chi connectivity index (χ1) is 8.10. The predicted molar refractivity (Wildman–Crippen MR) is 69.5 cm³/mol. The van der Waals surface area contributed by atoms with Gasteiger partial charge in [0.25, 0.3) is 0 Å². The smallest absolute Gasteiger partial charge is 0.339 e. The Morgan fingerprint density at radius 3 is 2.65 bits per heavy atom. The molecule has 1 aromatic heterocycles. The van der Waals surface area contributed by atoms with E-state index in [0.717, 1.165) is 20.7 Å². The van der Waals surface area contributed by atoms with Gasteiger partial charge in [-0.05, 0) is 19.1 Å². The first kappa shape index (κ1) is 12.2. The first-order valence-electron chi connectivity index (χ1n) is 4.94. The van der Waals surface area contributed by atoms with Gasteiger partial charge in [0.1, 0.15) is 5.75 Å². The quantitative estimate of drug-likeness (QED) is 0.781. The largest absolute Gasteiger partial charge is 0.495 e. The molecule has 0 saturated carbocycles. The van der Waals surface area contributed by atoms with Crippen LogP contribution in [0.2, 0.25) is 5.02 Å². The Hall–Kier alpha value is -1.26. The number of aryl methyl sites for hydroxylation is 1. The van der Waals surface area contributed by atoms with E-state index < -0.39 is 5.97 Å². The number of methoxy groups -OCH3 is 2. The van der Waals surface area contributed by atoms with Gasteiger partial charge in [-0.3, -0.25) is 0 Å². The lowest BCUT2D eigenvalue weighted by molar-refractivity contribution is 0.0601. The van der Waals surface area contributed by atoms with Crippen LogP contribution in [-0.2, 0) is 4.74 Å². The summed E-state index contributed by atoms with van der Waals surface area (Å²) in [4.78, 5) is 12.6. The highest BCUT2D eigenvalue weighted by Gasteiger charge is 2.19. The van der Waals surface area contributed by atoms with E-state index in [2.05, 4.69) is 4.74 Å². The zero-order chi connectivity index (χ0) is 12.6. The van der Waals surface area contributed by atoms with Crippen molar-refractivity contribution in [3.63, 3.8) is 0 Å². The Labute approximate surface area is 108 Å². The van der Waals surface area contributed by atoms with Crippen LogP contribution in [0, 0.1) is 6.92 Å². The molecule has 0 bridgehead atoms. The van der Waals surface area contributed by atoms with Gasteiger partial charge in [0.05, 0.1) is 30.2 Å². The highest BCUT2D eigenvalue weighted by atomic mass is 35.5. The number of thiophene rings is 1. The average Bonchev–Trinajstić information content (AvgIpc) is 2.65. The summed E-state index contributed by atoms with van der Waals surface area (Å²) in [5.41, 5.74) is 0.359. The first-order valence-corrected chi connectivity index (χ1v) is 6.13. The zero-order valence-electron chi connectivity index (χ0n) is 9.67. The number of benzene rings is 1. The van der Waals surface area contributed by atoms with Gasteiger partial charge in [-0.1, -0.05) is 11.6 Å². The maximum absolute atomic E-state index is 11.5. The molecule has 0 unspecified atom stereocenters. The van der Waals surface area contributed by atoms with Crippen LogP contribution >= 0.6 is 22.9 Å². The molecule has 5 heteroatoms. The van der Waals surface area contributed by atoms with Gasteiger partial charge in [-0.15, -0.1) is 11.3 Å². The summed E-state index contributed by atoms with van der Waals surface area (Å²) < 4.78 is 11.0. The Balaban J connectivity index is 2.77. The van der Waals surface area contributed by atoms with Gasteiger partial charge >= 0.3 is 5.97 Å². The molecule has 17 heavy (non-hydrogen) atoms. The van der Waals surface area contributed by atoms with Gasteiger partial charge in [0.2, 0.25) is 0 Å². The third kappa shape index (κ3) is 1.87. The van der Waals surface area contributed by atoms with Gasteiger partial charge in [0.15, 0.2) is 0 Å². The monoisotopic (exact) mass is 270 g/mol. The highest BCUT2D eigenvalue weighted by molar-refractivity contribution is 7.19. The van der Waals surface area contributed by atoms with Gasteiger partial charge in [-0.25, -0.2) is 4.79 Å². The van der Waals surface area contributed by atoms with E-state index in [1.807, 2.05) is 13.0 Å². The lowest BCUT2D eigenvalue weighted by Crippen LogP contribution is -2.01. The molecule has 2 rings (SSSR count). The minimum Gasteiger partial charge on any atom is -0.495 e. The van der Waals surface area contributed by atoms with Crippen LogP contribution in [0.4, 0.5) is 0 Å². The fraction of sp³-hybridized carbons (Fsp3) is 0.250. The molecule has 1 heterocycles. The molecule has 0 aliphatic rings. The summed E-state index contributed by atoms with van der Waals surface area (Å²) in [5.74, 6) is 0.281. The second-order valence-corrected chi connectivity index (χ2v) is 5.12. The molecule has 1 aromatic carbocycles. The van der Waals surface area contributed by atoms with Crippen molar-refractivity contribution >= 4 is 39.0 Å². The maximum Gasteiger partial charge on any atom is 0.339 e. The van der Waals surface area contributed by atoms with Crippen molar-refractivity contribution in [3.8, 4) is 5.75 Å². The SMILES string of the molecule is COC(=O)c1ccc2sc(C)c(OC)c2c1Cl. The Morgan fingerprint density at radius 2 is 2.06 bits per heavy atom. The molecule has 2 aromatic rings. The lowest BCUT2D eigenvalue weighted by atomic mass is 10.1. The third-order valence-electron chi connectivity index (χ3n) is 2.52. The molecule has 0 aliphatic carbocycles. The third-order valence-corrected chi connectivity index (χ3v) is 3.97. The number of hydrogen-bond donors (Lipinski definition) is 0. The standard InChI is InChI=1S/C12H11ClO3S/c1-6-11(15-2)9-8(17-6)5-4-7(10(9)13)12(14)16-3/h4-5H,1-3H3. The van der Waals surface area contributed by atoms with Crippen molar-refractivity contribution in [2.45, 2.75) is 6.92 Å². The molecule has 0 atom stereocenters. The van der Waals surface area contributed by atoms with E-state index in [-0.39, 0.29) is 0 Å². The number of ether oxygens (including phenoxy) is 2. The van der Waals surface area contributed by atoms with Crippen molar-refractivity contribution in [1.29, 1.82) is 0 Å². The molecule has 0 fully saturated rings. The summed E-state index contributed by atoms with van der Waals surface area (Å²) in [6, 6.07) is 3.53. The summed E-state index contributed by atoms with van der Waals surface area (Å²) >= 11 is 7.82. The summed E-state index contributed by atoms with van der Waals surface area (Å²) in [7, 11) is 2.93. The van der Waals surface area contributed by atoms with Crippen LogP contribution in [0.5, 0.6) is 5.75 Å². The van der Waals surface area contributed by atoms with E-state index in [0.29, 0.717) is 10.6 Å². The van der Waals surface area contributed by atoms with Crippen LogP contribution in [0.25, 0.3) is 10.1 Å². The fourth-order valence-electron chi connectivity index (χ4n) is 1.76. The van der Waals surface area contributed by atoms with Crippen molar-refractivity contribution in [3.05, 3.63) is 27.6 Å². The Bertz CT molecular complexity index is 589. The number of fused-ring (bicyclic) bond motifs is 1. The number of carbonyl (C=O) groups is 1. The predicted octanol–water partition coefficient (Wildman–Crippen LogP) is 3.66. The molecule has 3 nitrogen and oxygen atoms in total. The molecule has 0 radical (unpaired) electrons. The van der Waals surface area contributed by atoms with Crippen molar-refractivity contribution in [2.75, 3.05) is 14.2 Å². The molecular weight excluding hydrogens is 260 g/mol. The second kappa shape index (κ2) is 4.55.